The standard InChI is InChI=1S/C15H16BrN3O/c1-9-3-5-11(8-12(9)16)19-14-7-10(15(20)18-2)4-6-13(14)17/h3-8,19H,17H2,1-2H3,(H,18,20). The summed E-state index contributed by atoms with van der Waals surface area (Å²) < 4.78 is 1.02. The summed E-state index contributed by atoms with van der Waals surface area (Å²) in [6.45, 7) is 2.02. The first-order chi connectivity index (χ1) is 9.51. The summed E-state index contributed by atoms with van der Waals surface area (Å²) in [5, 5.41) is 5.82. The lowest BCUT2D eigenvalue weighted by Crippen LogP contribution is -2.17. The maximum absolute atomic E-state index is 11.6. The second-order valence-electron chi connectivity index (χ2n) is 4.47. The summed E-state index contributed by atoms with van der Waals surface area (Å²) in [7, 11) is 1.60. The van der Waals surface area contributed by atoms with Crippen LogP contribution in [0.3, 0.4) is 0 Å². The monoisotopic (exact) mass is 333 g/mol. The Bertz CT molecular complexity index is 656. The average molecular weight is 334 g/mol. The Morgan fingerprint density at radius 2 is 1.95 bits per heavy atom. The lowest BCUT2D eigenvalue weighted by molar-refractivity contribution is 0.0963. The van der Waals surface area contributed by atoms with Crippen LogP contribution in [0.1, 0.15) is 15.9 Å². The fourth-order valence-corrected chi connectivity index (χ4v) is 2.16. The van der Waals surface area contributed by atoms with Crippen LogP contribution in [0.2, 0.25) is 0 Å². The minimum absolute atomic E-state index is 0.141. The van der Waals surface area contributed by atoms with Crippen LogP contribution in [0.4, 0.5) is 17.1 Å². The minimum atomic E-state index is -0.141. The highest BCUT2D eigenvalue weighted by Crippen LogP contribution is 2.27. The highest BCUT2D eigenvalue weighted by atomic mass is 79.9. The summed E-state index contributed by atoms with van der Waals surface area (Å²) in [6, 6.07) is 11.1. The van der Waals surface area contributed by atoms with E-state index in [9.17, 15) is 4.79 Å². The van der Waals surface area contributed by atoms with Gasteiger partial charge in [0.05, 0.1) is 11.4 Å². The first-order valence-corrected chi connectivity index (χ1v) is 6.95. The molecule has 2 rings (SSSR count). The van der Waals surface area contributed by atoms with Crippen LogP contribution in [-0.2, 0) is 0 Å². The third-order valence-corrected chi connectivity index (χ3v) is 3.85. The van der Waals surface area contributed by atoms with Gasteiger partial charge in [-0.05, 0) is 42.8 Å². The third kappa shape index (κ3) is 3.11. The van der Waals surface area contributed by atoms with Gasteiger partial charge in [0.15, 0.2) is 0 Å². The zero-order chi connectivity index (χ0) is 14.7. The summed E-state index contributed by atoms with van der Waals surface area (Å²) in [4.78, 5) is 11.6. The molecule has 0 aliphatic carbocycles. The second kappa shape index (κ2) is 5.96. The predicted octanol–water partition coefficient (Wildman–Crippen LogP) is 3.44. The Labute approximate surface area is 126 Å². The summed E-state index contributed by atoms with van der Waals surface area (Å²) in [5.41, 5.74) is 9.87. The molecular weight excluding hydrogens is 318 g/mol. The van der Waals surface area contributed by atoms with Crippen molar-refractivity contribution in [3.63, 3.8) is 0 Å². The molecule has 0 fully saturated rings. The number of nitrogens with one attached hydrogen (secondary N) is 2. The van der Waals surface area contributed by atoms with Crippen molar-refractivity contribution in [2.45, 2.75) is 6.92 Å². The number of benzene rings is 2. The van der Waals surface area contributed by atoms with E-state index in [1.165, 1.54) is 0 Å². The van der Waals surface area contributed by atoms with E-state index in [1.807, 2.05) is 25.1 Å². The maximum Gasteiger partial charge on any atom is 0.251 e. The van der Waals surface area contributed by atoms with Gasteiger partial charge in [-0.15, -0.1) is 0 Å². The second-order valence-corrected chi connectivity index (χ2v) is 5.32. The van der Waals surface area contributed by atoms with Gasteiger partial charge in [0.1, 0.15) is 0 Å². The number of carbonyl (C=O) groups excluding carboxylic acids is 1. The molecule has 0 unspecified atom stereocenters. The molecule has 0 atom stereocenters. The van der Waals surface area contributed by atoms with Gasteiger partial charge in [-0.25, -0.2) is 0 Å². The minimum Gasteiger partial charge on any atom is -0.397 e. The van der Waals surface area contributed by atoms with Gasteiger partial charge in [-0.3, -0.25) is 4.79 Å². The van der Waals surface area contributed by atoms with Crippen LogP contribution >= 0.6 is 15.9 Å². The first kappa shape index (κ1) is 14.4. The molecule has 0 bridgehead atoms. The fraction of sp³-hybridized carbons (Fsp3) is 0.133. The normalized spacial score (nSPS) is 10.2. The van der Waals surface area contributed by atoms with E-state index in [-0.39, 0.29) is 5.91 Å². The molecule has 0 saturated heterocycles. The maximum atomic E-state index is 11.6. The van der Waals surface area contributed by atoms with Gasteiger partial charge in [-0.1, -0.05) is 22.0 Å². The molecule has 0 heterocycles. The van der Waals surface area contributed by atoms with Crippen LogP contribution in [0.25, 0.3) is 0 Å². The van der Waals surface area contributed by atoms with Crippen molar-refractivity contribution in [2.24, 2.45) is 0 Å². The number of amides is 1. The Kier molecular flexibility index (Phi) is 4.29. The van der Waals surface area contributed by atoms with Crippen molar-refractivity contribution < 1.29 is 4.79 Å². The van der Waals surface area contributed by atoms with Crippen LogP contribution in [0.5, 0.6) is 0 Å². The van der Waals surface area contributed by atoms with Crippen molar-refractivity contribution in [1.29, 1.82) is 0 Å². The summed E-state index contributed by atoms with van der Waals surface area (Å²) >= 11 is 3.49. The van der Waals surface area contributed by atoms with E-state index in [0.717, 1.165) is 15.7 Å². The van der Waals surface area contributed by atoms with Crippen molar-refractivity contribution in [1.82, 2.24) is 5.32 Å². The van der Waals surface area contributed by atoms with Gasteiger partial charge < -0.3 is 16.4 Å². The van der Waals surface area contributed by atoms with Gasteiger partial charge in [-0.2, -0.15) is 0 Å². The molecule has 5 heteroatoms. The number of hydrogen-bond donors (Lipinski definition) is 3. The number of anilines is 3. The molecule has 2 aromatic rings. The molecule has 0 aliphatic heterocycles. The lowest BCUT2D eigenvalue weighted by atomic mass is 10.1. The predicted molar refractivity (Wildman–Crippen MR) is 86.4 cm³/mol. The van der Waals surface area contributed by atoms with Crippen molar-refractivity contribution in [3.8, 4) is 0 Å². The van der Waals surface area contributed by atoms with E-state index in [4.69, 9.17) is 5.73 Å². The van der Waals surface area contributed by atoms with Crippen LogP contribution in [0.15, 0.2) is 40.9 Å². The molecule has 1 amide bonds. The Hall–Kier alpha value is -2.01. The smallest absolute Gasteiger partial charge is 0.251 e. The largest absolute Gasteiger partial charge is 0.397 e. The average Bonchev–Trinajstić information content (AvgIpc) is 2.44. The molecule has 2 aromatic carbocycles. The Morgan fingerprint density at radius 3 is 2.60 bits per heavy atom. The Morgan fingerprint density at radius 1 is 1.20 bits per heavy atom. The fourth-order valence-electron chi connectivity index (χ4n) is 1.78. The molecule has 104 valence electrons. The van der Waals surface area contributed by atoms with Crippen LogP contribution in [0, 0.1) is 6.92 Å². The summed E-state index contributed by atoms with van der Waals surface area (Å²) in [5.74, 6) is -0.141. The molecule has 0 spiro atoms. The quantitative estimate of drug-likeness (QED) is 0.753. The zero-order valence-electron chi connectivity index (χ0n) is 11.3. The first-order valence-electron chi connectivity index (χ1n) is 6.16. The highest BCUT2D eigenvalue weighted by molar-refractivity contribution is 9.10. The van der Waals surface area contributed by atoms with Gasteiger partial charge in [0.2, 0.25) is 0 Å². The molecule has 0 aromatic heterocycles. The zero-order valence-corrected chi connectivity index (χ0v) is 12.9. The molecule has 4 N–H and O–H groups in total. The van der Waals surface area contributed by atoms with Crippen LogP contribution < -0.4 is 16.4 Å². The highest BCUT2D eigenvalue weighted by Gasteiger charge is 2.07. The van der Waals surface area contributed by atoms with E-state index in [0.29, 0.717) is 16.9 Å². The van der Waals surface area contributed by atoms with E-state index >= 15 is 0 Å². The molecular formula is C15H16BrN3O. The lowest BCUT2D eigenvalue weighted by Gasteiger charge is -2.12. The van der Waals surface area contributed by atoms with Gasteiger partial charge >= 0.3 is 0 Å². The van der Waals surface area contributed by atoms with Crippen molar-refractivity contribution in [2.75, 3.05) is 18.1 Å². The number of hydrogen-bond acceptors (Lipinski definition) is 3. The molecule has 20 heavy (non-hydrogen) atoms. The number of rotatable bonds is 3. The summed E-state index contributed by atoms with van der Waals surface area (Å²) in [6.07, 6.45) is 0. The van der Waals surface area contributed by atoms with Crippen molar-refractivity contribution >= 4 is 38.9 Å². The third-order valence-electron chi connectivity index (χ3n) is 2.99. The number of halogens is 1. The number of aryl methyl sites for hydroxylation is 1. The SMILES string of the molecule is CNC(=O)c1ccc(N)c(Nc2ccc(C)c(Br)c2)c1. The number of nitrogen functional groups attached to an aromatic ring is 1. The van der Waals surface area contributed by atoms with Crippen LogP contribution in [-0.4, -0.2) is 13.0 Å². The van der Waals surface area contributed by atoms with E-state index < -0.39 is 0 Å². The number of nitrogens with two attached hydrogens (primary N) is 1. The van der Waals surface area contributed by atoms with Crippen molar-refractivity contribution in [3.05, 3.63) is 52.0 Å². The van der Waals surface area contributed by atoms with E-state index in [2.05, 4.69) is 26.6 Å². The Balaban J connectivity index is 2.32. The molecule has 4 nitrogen and oxygen atoms in total. The van der Waals surface area contributed by atoms with E-state index in [1.54, 1.807) is 25.2 Å². The topological polar surface area (TPSA) is 67.2 Å². The van der Waals surface area contributed by atoms with Gasteiger partial charge in [0, 0.05) is 22.8 Å². The molecule has 0 aliphatic rings. The number of carbonyl (C=O) groups is 1. The van der Waals surface area contributed by atoms with Gasteiger partial charge in [0.25, 0.3) is 5.91 Å². The molecule has 0 saturated carbocycles. The molecule has 0 radical (unpaired) electrons.